The molecule has 0 aliphatic rings. The van der Waals surface area contributed by atoms with E-state index < -0.39 is 5.60 Å². The van der Waals surface area contributed by atoms with Gasteiger partial charge in [0.1, 0.15) is 18.2 Å². The van der Waals surface area contributed by atoms with Crippen molar-refractivity contribution in [2.45, 2.75) is 25.6 Å². The van der Waals surface area contributed by atoms with E-state index in [4.69, 9.17) is 15.3 Å². The predicted molar refractivity (Wildman–Crippen MR) is 76.2 cm³/mol. The molecule has 0 aromatic carbocycles. The average molecular weight is 285 g/mol. The lowest BCUT2D eigenvalue weighted by Crippen LogP contribution is -2.35. The zero-order chi connectivity index (χ0) is 15.0. The third-order valence-corrected chi connectivity index (χ3v) is 2.69. The van der Waals surface area contributed by atoms with Crippen molar-refractivity contribution in [1.29, 1.82) is 0 Å². The SMILES string of the molecule is COCCC(C)(O)CNc1cc(NN)nc(COC)n1. The molecule has 0 saturated heterocycles. The summed E-state index contributed by atoms with van der Waals surface area (Å²) in [6, 6.07) is 1.66. The molecule has 5 N–H and O–H groups in total. The summed E-state index contributed by atoms with van der Waals surface area (Å²) in [6.07, 6.45) is 0.522. The quantitative estimate of drug-likeness (QED) is 0.373. The third kappa shape index (κ3) is 5.66. The molecule has 1 aromatic rings. The zero-order valence-electron chi connectivity index (χ0n) is 12.1. The highest BCUT2D eigenvalue weighted by Crippen LogP contribution is 2.14. The number of anilines is 2. The average Bonchev–Trinajstić information content (AvgIpc) is 2.43. The van der Waals surface area contributed by atoms with Crippen molar-refractivity contribution in [1.82, 2.24) is 9.97 Å². The molecule has 1 unspecified atom stereocenters. The van der Waals surface area contributed by atoms with Gasteiger partial charge in [-0.05, 0) is 6.92 Å². The predicted octanol–water partition coefficient (Wildman–Crippen LogP) is 0.108. The molecule has 1 aromatic heterocycles. The van der Waals surface area contributed by atoms with Gasteiger partial charge < -0.3 is 25.3 Å². The van der Waals surface area contributed by atoms with Crippen LogP contribution in [0, 0.1) is 0 Å². The number of hydrazine groups is 1. The molecule has 0 amide bonds. The number of nitrogens with zero attached hydrogens (tertiary/aromatic N) is 2. The Hall–Kier alpha value is -1.48. The molecule has 8 heteroatoms. The maximum absolute atomic E-state index is 10.2. The third-order valence-electron chi connectivity index (χ3n) is 2.69. The van der Waals surface area contributed by atoms with Crippen LogP contribution in [-0.4, -0.2) is 48.0 Å². The Morgan fingerprint density at radius 3 is 2.60 bits per heavy atom. The number of rotatable bonds is 9. The van der Waals surface area contributed by atoms with Crippen LogP contribution in [-0.2, 0) is 16.1 Å². The molecule has 0 fully saturated rings. The zero-order valence-corrected chi connectivity index (χ0v) is 12.1. The number of nitrogen functional groups attached to an aromatic ring is 1. The maximum atomic E-state index is 10.2. The first-order valence-electron chi connectivity index (χ1n) is 6.29. The van der Waals surface area contributed by atoms with Crippen molar-refractivity contribution < 1.29 is 14.6 Å². The second kappa shape index (κ2) is 7.95. The largest absolute Gasteiger partial charge is 0.388 e. The van der Waals surface area contributed by atoms with Crippen LogP contribution in [0.1, 0.15) is 19.2 Å². The number of aliphatic hydroxyl groups is 1. The summed E-state index contributed by atoms with van der Waals surface area (Å²) in [5, 5.41) is 13.2. The van der Waals surface area contributed by atoms with Crippen LogP contribution < -0.4 is 16.6 Å². The van der Waals surface area contributed by atoms with Crippen molar-refractivity contribution in [2.75, 3.05) is 38.1 Å². The molecule has 0 saturated carbocycles. The van der Waals surface area contributed by atoms with Gasteiger partial charge >= 0.3 is 0 Å². The van der Waals surface area contributed by atoms with Crippen LogP contribution >= 0.6 is 0 Å². The van der Waals surface area contributed by atoms with Crippen molar-refractivity contribution in [3.63, 3.8) is 0 Å². The smallest absolute Gasteiger partial charge is 0.158 e. The highest BCUT2D eigenvalue weighted by atomic mass is 16.5. The Morgan fingerprint density at radius 1 is 1.30 bits per heavy atom. The fourth-order valence-corrected chi connectivity index (χ4v) is 1.55. The number of methoxy groups -OCH3 is 2. The van der Waals surface area contributed by atoms with Crippen LogP contribution in [0.2, 0.25) is 0 Å². The summed E-state index contributed by atoms with van der Waals surface area (Å²) in [6.45, 7) is 2.84. The number of nitrogens with one attached hydrogen (secondary N) is 2. The van der Waals surface area contributed by atoms with E-state index in [9.17, 15) is 5.11 Å². The van der Waals surface area contributed by atoms with E-state index in [1.165, 1.54) is 0 Å². The van der Waals surface area contributed by atoms with E-state index >= 15 is 0 Å². The molecular formula is C12H23N5O3. The Bertz CT molecular complexity index is 414. The fraction of sp³-hybridized carbons (Fsp3) is 0.667. The number of aromatic nitrogens is 2. The second-order valence-corrected chi connectivity index (χ2v) is 4.73. The molecule has 0 aliphatic heterocycles. The second-order valence-electron chi connectivity index (χ2n) is 4.73. The summed E-state index contributed by atoms with van der Waals surface area (Å²) < 4.78 is 9.95. The first-order chi connectivity index (χ1) is 9.50. The maximum Gasteiger partial charge on any atom is 0.158 e. The number of ether oxygens (including phenoxy) is 2. The van der Waals surface area contributed by atoms with Crippen molar-refractivity contribution >= 4 is 11.6 Å². The van der Waals surface area contributed by atoms with Gasteiger partial charge in [-0.2, -0.15) is 0 Å². The molecule has 0 radical (unpaired) electrons. The van der Waals surface area contributed by atoms with Gasteiger partial charge in [-0.1, -0.05) is 0 Å². The van der Waals surface area contributed by atoms with Gasteiger partial charge in [0.2, 0.25) is 0 Å². The van der Waals surface area contributed by atoms with E-state index in [0.717, 1.165) is 0 Å². The highest BCUT2D eigenvalue weighted by Gasteiger charge is 2.20. The van der Waals surface area contributed by atoms with Gasteiger partial charge in [0.05, 0.1) is 5.60 Å². The molecule has 0 bridgehead atoms. The molecule has 8 nitrogen and oxygen atoms in total. The van der Waals surface area contributed by atoms with Gasteiger partial charge in [0.15, 0.2) is 5.82 Å². The van der Waals surface area contributed by atoms with Crippen LogP contribution in [0.3, 0.4) is 0 Å². The Labute approximate surface area is 118 Å². The van der Waals surface area contributed by atoms with Gasteiger partial charge in [-0.15, -0.1) is 0 Å². The lowest BCUT2D eigenvalue weighted by Gasteiger charge is -2.23. The van der Waals surface area contributed by atoms with Gasteiger partial charge in [-0.25, -0.2) is 15.8 Å². The summed E-state index contributed by atoms with van der Waals surface area (Å²) in [5.74, 6) is 6.90. The first-order valence-corrected chi connectivity index (χ1v) is 6.29. The van der Waals surface area contributed by atoms with Crippen LogP contribution in [0.5, 0.6) is 0 Å². The van der Waals surface area contributed by atoms with Gasteiger partial charge in [0.25, 0.3) is 0 Å². The minimum atomic E-state index is -0.890. The Balaban J connectivity index is 2.68. The van der Waals surface area contributed by atoms with Crippen LogP contribution in [0.4, 0.5) is 11.6 Å². The topological polar surface area (TPSA) is 115 Å². The molecule has 1 heterocycles. The monoisotopic (exact) mass is 285 g/mol. The molecule has 0 spiro atoms. The molecule has 1 atom stereocenters. The normalized spacial score (nSPS) is 13.8. The minimum absolute atomic E-state index is 0.282. The molecular weight excluding hydrogens is 262 g/mol. The van der Waals surface area contributed by atoms with E-state index in [2.05, 4.69) is 20.7 Å². The summed E-state index contributed by atoms with van der Waals surface area (Å²) in [7, 11) is 3.17. The van der Waals surface area contributed by atoms with Crippen LogP contribution in [0.15, 0.2) is 6.07 Å². The number of nitrogens with two attached hydrogens (primary N) is 1. The van der Waals surface area contributed by atoms with Gasteiger partial charge in [-0.3, -0.25) is 0 Å². The van der Waals surface area contributed by atoms with E-state index in [1.807, 2.05) is 0 Å². The number of hydrogen-bond donors (Lipinski definition) is 4. The van der Waals surface area contributed by atoms with Crippen molar-refractivity contribution in [2.24, 2.45) is 5.84 Å². The number of hydrogen-bond acceptors (Lipinski definition) is 8. The fourth-order valence-electron chi connectivity index (χ4n) is 1.55. The van der Waals surface area contributed by atoms with E-state index in [1.54, 1.807) is 27.2 Å². The van der Waals surface area contributed by atoms with Crippen molar-refractivity contribution in [3.8, 4) is 0 Å². The lowest BCUT2D eigenvalue weighted by molar-refractivity contribution is 0.0357. The van der Waals surface area contributed by atoms with Crippen LogP contribution in [0.25, 0.3) is 0 Å². The highest BCUT2D eigenvalue weighted by molar-refractivity contribution is 5.47. The summed E-state index contributed by atoms with van der Waals surface area (Å²) in [4.78, 5) is 8.41. The Kier molecular flexibility index (Phi) is 6.59. The van der Waals surface area contributed by atoms with Gasteiger partial charge in [0, 0.05) is 39.9 Å². The summed E-state index contributed by atoms with van der Waals surface area (Å²) in [5.41, 5.74) is 1.58. The van der Waals surface area contributed by atoms with Crippen molar-refractivity contribution in [3.05, 3.63) is 11.9 Å². The minimum Gasteiger partial charge on any atom is -0.388 e. The summed E-state index contributed by atoms with van der Waals surface area (Å²) >= 11 is 0. The molecule has 114 valence electrons. The standard InChI is InChI=1S/C12H23N5O3/c1-12(18,4-5-19-2)8-14-9-6-10(17-13)16-11(15-9)7-20-3/h6,18H,4-5,7-8,13H2,1-3H3,(H2,14,15,16,17). The van der Waals surface area contributed by atoms with E-state index in [0.29, 0.717) is 37.0 Å². The lowest BCUT2D eigenvalue weighted by atomic mass is 10.0. The molecule has 0 aliphatic carbocycles. The molecule has 20 heavy (non-hydrogen) atoms. The molecule has 1 rings (SSSR count). The Morgan fingerprint density at radius 2 is 2.00 bits per heavy atom. The first kappa shape index (κ1) is 16.6. The van der Waals surface area contributed by atoms with E-state index in [-0.39, 0.29) is 6.61 Å².